The average molecular weight is 302 g/mol. The van der Waals surface area contributed by atoms with Gasteiger partial charge in [-0.15, -0.1) is 6.42 Å². The Balaban J connectivity index is 2.10. The Labute approximate surface area is 127 Å². The van der Waals surface area contributed by atoms with Crippen LogP contribution in [0.1, 0.15) is 49.3 Å². The molecule has 0 aliphatic heterocycles. The molecule has 0 atom stereocenters. The summed E-state index contributed by atoms with van der Waals surface area (Å²) in [7, 11) is 0. The minimum Gasteiger partial charge on any atom is -0.285 e. The van der Waals surface area contributed by atoms with Crippen LogP contribution in [-0.2, 0) is 0 Å². The molecule has 0 radical (unpaired) electrons. The Morgan fingerprint density at radius 2 is 2.19 bits per heavy atom. The minimum atomic E-state index is -0.246. The normalized spacial score (nSPS) is 16.2. The van der Waals surface area contributed by atoms with Gasteiger partial charge in [-0.1, -0.05) is 36.9 Å². The van der Waals surface area contributed by atoms with E-state index in [4.69, 9.17) is 6.42 Å². The number of fused-ring (bicyclic) bond motifs is 1. The van der Waals surface area contributed by atoms with Crippen molar-refractivity contribution in [1.29, 1.82) is 0 Å². The fourth-order valence-electron chi connectivity index (χ4n) is 3.09. The van der Waals surface area contributed by atoms with Crippen molar-refractivity contribution in [1.82, 2.24) is 19.6 Å². The highest BCUT2D eigenvalue weighted by atomic mass is 32.2. The van der Waals surface area contributed by atoms with Crippen molar-refractivity contribution in [3.05, 3.63) is 21.7 Å². The largest absolute Gasteiger partial charge is 0.350 e. The lowest BCUT2D eigenvalue weighted by atomic mass is 9.84. The second-order valence-electron chi connectivity index (χ2n) is 5.41. The summed E-state index contributed by atoms with van der Waals surface area (Å²) in [5.41, 5.74) is 2.51. The van der Waals surface area contributed by atoms with Crippen LogP contribution in [0.3, 0.4) is 0 Å². The molecule has 6 heteroatoms. The molecule has 2 aromatic heterocycles. The van der Waals surface area contributed by atoms with Gasteiger partial charge in [0.15, 0.2) is 10.8 Å². The molecule has 2 heterocycles. The third-order valence-corrected chi connectivity index (χ3v) is 4.78. The summed E-state index contributed by atoms with van der Waals surface area (Å²) >= 11 is 1.37. The zero-order chi connectivity index (χ0) is 14.8. The van der Waals surface area contributed by atoms with Gasteiger partial charge in [-0.25, -0.2) is 9.78 Å². The van der Waals surface area contributed by atoms with Gasteiger partial charge < -0.3 is 0 Å². The van der Waals surface area contributed by atoms with Crippen LogP contribution in [0.2, 0.25) is 0 Å². The summed E-state index contributed by atoms with van der Waals surface area (Å²) in [4.78, 5) is 19.5. The zero-order valence-electron chi connectivity index (χ0n) is 12.1. The highest BCUT2D eigenvalue weighted by Crippen LogP contribution is 2.35. The zero-order valence-corrected chi connectivity index (χ0v) is 12.9. The van der Waals surface area contributed by atoms with Crippen molar-refractivity contribution in [2.45, 2.75) is 50.1 Å². The maximum absolute atomic E-state index is 12.2. The van der Waals surface area contributed by atoms with Crippen molar-refractivity contribution in [3.8, 4) is 12.3 Å². The monoisotopic (exact) mass is 302 g/mol. The Morgan fingerprint density at radius 1 is 1.43 bits per heavy atom. The van der Waals surface area contributed by atoms with Crippen molar-refractivity contribution >= 4 is 17.4 Å². The molecule has 0 unspecified atom stereocenters. The van der Waals surface area contributed by atoms with Gasteiger partial charge in [0.05, 0.1) is 11.4 Å². The summed E-state index contributed by atoms with van der Waals surface area (Å²) < 4.78 is 1.39. The number of rotatable bonds is 3. The van der Waals surface area contributed by atoms with Gasteiger partial charge in [-0.3, -0.25) is 4.98 Å². The van der Waals surface area contributed by atoms with E-state index in [0.717, 1.165) is 24.1 Å². The quantitative estimate of drug-likeness (QED) is 0.699. The molecule has 1 fully saturated rings. The second-order valence-corrected chi connectivity index (χ2v) is 6.37. The Kier molecular flexibility index (Phi) is 4.02. The maximum Gasteiger partial charge on any atom is 0.350 e. The van der Waals surface area contributed by atoms with E-state index >= 15 is 0 Å². The molecule has 3 rings (SSSR count). The number of thioether (sulfide) groups is 1. The average Bonchev–Trinajstić information content (AvgIpc) is 2.83. The molecule has 0 saturated heterocycles. The molecule has 0 amide bonds. The molecule has 0 bridgehead atoms. The van der Waals surface area contributed by atoms with Gasteiger partial charge in [0.1, 0.15) is 0 Å². The van der Waals surface area contributed by atoms with Crippen molar-refractivity contribution < 1.29 is 0 Å². The summed E-state index contributed by atoms with van der Waals surface area (Å²) in [5.74, 6) is 3.51. The molecule has 1 saturated carbocycles. The highest BCUT2D eigenvalue weighted by molar-refractivity contribution is 7.99. The van der Waals surface area contributed by atoms with Gasteiger partial charge in [0.2, 0.25) is 0 Å². The van der Waals surface area contributed by atoms with Gasteiger partial charge >= 0.3 is 5.69 Å². The summed E-state index contributed by atoms with van der Waals surface area (Å²) in [6.45, 7) is 1.96. The van der Waals surface area contributed by atoms with E-state index < -0.39 is 0 Å². The smallest absolute Gasteiger partial charge is 0.285 e. The predicted molar refractivity (Wildman–Crippen MR) is 83.7 cm³/mol. The first kappa shape index (κ1) is 14.2. The first-order valence-electron chi connectivity index (χ1n) is 7.26. The third kappa shape index (κ3) is 2.70. The van der Waals surface area contributed by atoms with Crippen molar-refractivity contribution in [2.24, 2.45) is 0 Å². The fraction of sp³-hybridized carbons (Fsp3) is 0.533. The third-order valence-electron chi connectivity index (χ3n) is 4.00. The van der Waals surface area contributed by atoms with Crippen LogP contribution in [0, 0.1) is 19.3 Å². The van der Waals surface area contributed by atoms with Crippen LogP contribution in [-0.4, -0.2) is 25.3 Å². The van der Waals surface area contributed by atoms with E-state index in [2.05, 4.69) is 21.0 Å². The van der Waals surface area contributed by atoms with Crippen LogP contribution in [0.5, 0.6) is 0 Å². The molecule has 0 aromatic carbocycles. The van der Waals surface area contributed by atoms with Crippen molar-refractivity contribution in [2.75, 3.05) is 5.75 Å². The van der Waals surface area contributed by atoms with Gasteiger partial charge in [-0.05, 0) is 25.7 Å². The first-order chi connectivity index (χ1) is 10.2. The topological polar surface area (TPSA) is 63.1 Å². The van der Waals surface area contributed by atoms with E-state index in [0.29, 0.717) is 22.5 Å². The first-order valence-corrected chi connectivity index (χ1v) is 8.25. The Bertz CT molecular complexity index is 749. The number of hydrogen-bond acceptors (Lipinski definition) is 4. The van der Waals surface area contributed by atoms with E-state index in [1.807, 2.05) is 6.92 Å². The van der Waals surface area contributed by atoms with Gasteiger partial charge in [0.25, 0.3) is 0 Å². The standard InChI is InChI=1S/C15H18N4OS/c1-3-9-21-14-16-13-12(11-7-5-4-6-8-11)10(2)18-19(13)15(20)17-14/h1,11H,4-9H2,2H3,(H,16,17,20). The number of nitrogens with zero attached hydrogens (tertiary/aromatic N) is 3. The molecule has 2 aromatic rings. The van der Waals surface area contributed by atoms with Crippen LogP contribution in [0.4, 0.5) is 0 Å². The Morgan fingerprint density at radius 3 is 2.90 bits per heavy atom. The number of terminal acetylenes is 1. The van der Waals surface area contributed by atoms with E-state index in [9.17, 15) is 4.79 Å². The molecule has 1 N–H and O–H groups in total. The number of aromatic amines is 1. The highest BCUT2D eigenvalue weighted by Gasteiger charge is 2.24. The fourth-order valence-corrected chi connectivity index (χ4v) is 3.62. The molecule has 21 heavy (non-hydrogen) atoms. The second kappa shape index (κ2) is 5.94. The lowest BCUT2D eigenvalue weighted by molar-refractivity contribution is 0.443. The van der Waals surface area contributed by atoms with Gasteiger partial charge in [-0.2, -0.15) is 9.61 Å². The molecule has 110 valence electrons. The number of hydrogen-bond donors (Lipinski definition) is 1. The number of nitrogens with one attached hydrogen (secondary N) is 1. The van der Waals surface area contributed by atoms with Crippen LogP contribution in [0.25, 0.3) is 5.65 Å². The number of aryl methyl sites for hydroxylation is 1. The lowest BCUT2D eigenvalue weighted by Crippen LogP contribution is -2.19. The lowest BCUT2D eigenvalue weighted by Gasteiger charge is -2.21. The summed E-state index contributed by atoms with van der Waals surface area (Å²) in [6, 6.07) is 0. The van der Waals surface area contributed by atoms with Crippen LogP contribution < -0.4 is 5.69 Å². The van der Waals surface area contributed by atoms with Crippen LogP contribution >= 0.6 is 11.8 Å². The molecular formula is C15H18N4OS. The number of aromatic nitrogens is 4. The molecule has 1 aliphatic rings. The van der Waals surface area contributed by atoms with Gasteiger partial charge in [0, 0.05) is 5.56 Å². The van der Waals surface area contributed by atoms with E-state index in [1.165, 1.54) is 35.5 Å². The van der Waals surface area contributed by atoms with Crippen LogP contribution in [0.15, 0.2) is 9.95 Å². The summed E-state index contributed by atoms with van der Waals surface area (Å²) in [5, 5.41) is 4.94. The van der Waals surface area contributed by atoms with Crippen molar-refractivity contribution in [3.63, 3.8) is 0 Å². The molecular weight excluding hydrogens is 284 g/mol. The Hall–Kier alpha value is -1.74. The molecule has 1 aliphatic carbocycles. The minimum absolute atomic E-state index is 0.246. The maximum atomic E-state index is 12.2. The predicted octanol–water partition coefficient (Wildman–Crippen LogP) is 2.50. The van der Waals surface area contributed by atoms with E-state index in [-0.39, 0.29) is 5.69 Å². The van der Waals surface area contributed by atoms with E-state index in [1.54, 1.807) is 0 Å². The molecule has 5 nitrogen and oxygen atoms in total. The number of H-pyrrole nitrogens is 1. The SMILES string of the molecule is C#CCSc1nc2c(C3CCCCC3)c(C)nn2c(=O)[nH]1. The molecule has 0 spiro atoms. The summed E-state index contributed by atoms with van der Waals surface area (Å²) in [6.07, 6.45) is 11.4.